The second kappa shape index (κ2) is 8.05. The van der Waals surface area contributed by atoms with Crippen molar-refractivity contribution in [3.05, 3.63) is 66.4 Å². The van der Waals surface area contributed by atoms with E-state index in [0.29, 0.717) is 34.7 Å². The van der Waals surface area contributed by atoms with Crippen LogP contribution in [-0.2, 0) is 14.8 Å². The Morgan fingerprint density at radius 2 is 1.91 bits per heavy atom. The molecule has 2 atom stereocenters. The Labute approximate surface area is 190 Å². The molecule has 3 heterocycles. The highest BCUT2D eigenvalue weighted by atomic mass is 32.2. The standard InChI is InChI=1S/C23H21N3O6S/c1-31-15-5-7-16(8-6-15)33(29,30)25-19-10-11-26-21(19)22(27)24-18-9-4-14(13-17(18)23(26)28)20-3-2-12-32-20/h2-9,12-13,19,21,25H,10-11H2,1H3,(H,24,27)/t19-,21-/m0/s1. The van der Waals surface area contributed by atoms with Crippen LogP contribution in [0.5, 0.6) is 5.75 Å². The molecule has 0 radical (unpaired) electrons. The van der Waals surface area contributed by atoms with Crippen molar-refractivity contribution in [1.82, 2.24) is 9.62 Å². The Kier molecular flexibility index (Phi) is 5.18. The van der Waals surface area contributed by atoms with Crippen molar-refractivity contribution in [1.29, 1.82) is 0 Å². The number of carbonyl (C=O) groups is 2. The number of furan rings is 1. The van der Waals surface area contributed by atoms with Crippen LogP contribution in [0.1, 0.15) is 16.8 Å². The van der Waals surface area contributed by atoms with Crippen LogP contribution in [-0.4, -0.2) is 50.9 Å². The van der Waals surface area contributed by atoms with Gasteiger partial charge in [-0.05, 0) is 61.0 Å². The number of sulfonamides is 1. The summed E-state index contributed by atoms with van der Waals surface area (Å²) in [5.74, 6) is 0.353. The van der Waals surface area contributed by atoms with Crippen LogP contribution in [0, 0.1) is 0 Å². The van der Waals surface area contributed by atoms with Gasteiger partial charge in [-0.3, -0.25) is 9.59 Å². The molecule has 2 N–H and O–H groups in total. The summed E-state index contributed by atoms with van der Waals surface area (Å²) < 4.78 is 39.0. The third-order valence-electron chi connectivity index (χ3n) is 5.92. The number of rotatable bonds is 5. The number of fused-ring (bicyclic) bond motifs is 2. The molecule has 1 saturated heterocycles. The first-order valence-corrected chi connectivity index (χ1v) is 11.8. The first-order valence-electron chi connectivity index (χ1n) is 10.3. The fourth-order valence-electron chi connectivity index (χ4n) is 4.28. The largest absolute Gasteiger partial charge is 0.497 e. The molecule has 33 heavy (non-hydrogen) atoms. The number of nitrogens with one attached hydrogen (secondary N) is 2. The molecule has 0 unspecified atom stereocenters. The Hall–Kier alpha value is -3.63. The summed E-state index contributed by atoms with van der Waals surface area (Å²) >= 11 is 0. The summed E-state index contributed by atoms with van der Waals surface area (Å²) in [7, 11) is -2.42. The van der Waals surface area contributed by atoms with Crippen LogP contribution >= 0.6 is 0 Å². The van der Waals surface area contributed by atoms with Gasteiger partial charge in [0.25, 0.3) is 5.91 Å². The van der Waals surface area contributed by atoms with E-state index in [4.69, 9.17) is 9.15 Å². The average molecular weight is 468 g/mol. The first-order chi connectivity index (χ1) is 15.9. The Morgan fingerprint density at radius 3 is 2.61 bits per heavy atom. The zero-order valence-electron chi connectivity index (χ0n) is 17.6. The van der Waals surface area contributed by atoms with Crippen molar-refractivity contribution in [3.63, 3.8) is 0 Å². The van der Waals surface area contributed by atoms with Gasteiger partial charge >= 0.3 is 0 Å². The van der Waals surface area contributed by atoms with E-state index >= 15 is 0 Å². The van der Waals surface area contributed by atoms with Gasteiger partial charge in [-0.15, -0.1) is 0 Å². The summed E-state index contributed by atoms with van der Waals surface area (Å²) in [5, 5.41) is 2.78. The van der Waals surface area contributed by atoms with Crippen molar-refractivity contribution in [2.24, 2.45) is 0 Å². The SMILES string of the molecule is COc1ccc(S(=O)(=O)N[C@H]2CCN3C(=O)c4cc(-c5ccco5)ccc4NC(=O)[C@H]23)cc1. The third-order valence-corrected chi connectivity index (χ3v) is 7.42. The van der Waals surface area contributed by atoms with E-state index in [0.717, 1.165) is 0 Å². The predicted molar refractivity (Wildman–Crippen MR) is 119 cm³/mol. The predicted octanol–water partition coefficient (Wildman–Crippen LogP) is 2.47. The maximum absolute atomic E-state index is 13.3. The minimum absolute atomic E-state index is 0.0495. The van der Waals surface area contributed by atoms with E-state index in [1.54, 1.807) is 48.7 Å². The lowest BCUT2D eigenvalue weighted by atomic mass is 10.1. The van der Waals surface area contributed by atoms with Crippen molar-refractivity contribution < 1.29 is 27.2 Å². The number of carbonyl (C=O) groups excluding carboxylic acids is 2. The summed E-state index contributed by atoms with van der Waals surface area (Å²) in [6.45, 7) is 0.247. The highest BCUT2D eigenvalue weighted by Gasteiger charge is 2.46. The van der Waals surface area contributed by atoms with E-state index in [-0.39, 0.29) is 17.3 Å². The fourth-order valence-corrected chi connectivity index (χ4v) is 5.55. The molecule has 2 aliphatic heterocycles. The summed E-state index contributed by atoms with van der Waals surface area (Å²) in [6, 6.07) is 12.8. The van der Waals surface area contributed by atoms with Crippen LogP contribution < -0.4 is 14.8 Å². The van der Waals surface area contributed by atoms with Crippen molar-refractivity contribution in [3.8, 4) is 17.1 Å². The summed E-state index contributed by atoms with van der Waals surface area (Å²) in [6.07, 6.45) is 1.85. The first kappa shape index (κ1) is 21.2. The molecule has 0 spiro atoms. The molecular weight excluding hydrogens is 446 g/mol. The van der Waals surface area contributed by atoms with Crippen molar-refractivity contribution in [2.45, 2.75) is 23.4 Å². The lowest BCUT2D eigenvalue weighted by Gasteiger charge is -2.24. The number of methoxy groups -OCH3 is 1. The minimum Gasteiger partial charge on any atom is -0.497 e. The maximum atomic E-state index is 13.3. The molecule has 10 heteroatoms. The second-order valence-electron chi connectivity index (χ2n) is 7.86. The van der Waals surface area contributed by atoms with E-state index in [1.165, 1.54) is 24.1 Å². The van der Waals surface area contributed by atoms with E-state index < -0.39 is 28.0 Å². The van der Waals surface area contributed by atoms with Crippen LogP contribution in [0.2, 0.25) is 0 Å². The number of ether oxygens (including phenoxy) is 1. The molecule has 9 nitrogen and oxygen atoms in total. The number of hydrogen-bond donors (Lipinski definition) is 2. The lowest BCUT2D eigenvalue weighted by Crippen LogP contribution is -2.51. The number of nitrogens with zero attached hydrogens (tertiary/aromatic N) is 1. The normalized spacial score (nSPS) is 20.1. The molecule has 0 saturated carbocycles. The molecule has 1 fully saturated rings. The third kappa shape index (κ3) is 3.77. The van der Waals surface area contributed by atoms with E-state index in [9.17, 15) is 18.0 Å². The van der Waals surface area contributed by atoms with Gasteiger partial charge in [-0.1, -0.05) is 0 Å². The number of anilines is 1. The van der Waals surface area contributed by atoms with Crippen LogP contribution in [0.3, 0.4) is 0 Å². The van der Waals surface area contributed by atoms with E-state index in [1.807, 2.05) is 0 Å². The lowest BCUT2D eigenvalue weighted by molar-refractivity contribution is -0.120. The Morgan fingerprint density at radius 1 is 1.12 bits per heavy atom. The average Bonchev–Trinajstić information content (AvgIpc) is 3.47. The zero-order chi connectivity index (χ0) is 23.2. The molecule has 2 aliphatic rings. The smallest absolute Gasteiger partial charge is 0.256 e. The molecule has 2 amide bonds. The van der Waals surface area contributed by atoms with Crippen molar-refractivity contribution >= 4 is 27.5 Å². The molecule has 5 rings (SSSR count). The quantitative estimate of drug-likeness (QED) is 0.595. The van der Waals surface area contributed by atoms with Crippen LogP contribution in [0.15, 0.2) is 70.2 Å². The monoisotopic (exact) mass is 467 g/mol. The highest BCUT2D eigenvalue weighted by molar-refractivity contribution is 7.89. The second-order valence-corrected chi connectivity index (χ2v) is 9.58. The molecule has 2 aromatic carbocycles. The molecule has 1 aromatic heterocycles. The Balaban J connectivity index is 1.42. The zero-order valence-corrected chi connectivity index (χ0v) is 18.5. The molecule has 0 aliphatic carbocycles. The van der Waals surface area contributed by atoms with Crippen LogP contribution in [0.25, 0.3) is 11.3 Å². The van der Waals surface area contributed by atoms with Crippen LogP contribution in [0.4, 0.5) is 5.69 Å². The topological polar surface area (TPSA) is 118 Å². The maximum Gasteiger partial charge on any atom is 0.256 e. The molecular formula is C23H21N3O6S. The van der Waals surface area contributed by atoms with Gasteiger partial charge in [-0.2, -0.15) is 0 Å². The number of hydrogen-bond acceptors (Lipinski definition) is 6. The molecule has 170 valence electrons. The van der Waals surface area contributed by atoms with Crippen molar-refractivity contribution in [2.75, 3.05) is 19.0 Å². The van der Waals surface area contributed by atoms with Gasteiger partial charge in [0.15, 0.2) is 0 Å². The number of benzene rings is 2. The number of amides is 2. The summed E-state index contributed by atoms with van der Waals surface area (Å²) in [5.41, 5.74) is 1.42. The molecule has 0 bridgehead atoms. The van der Waals surface area contributed by atoms with E-state index in [2.05, 4.69) is 10.0 Å². The van der Waals surface area contributed by atoms with Gasteiger partial charge in [0.2, 0.25) is 15.9 Å². The van der Waals surface area contributed by atoms with Gasteiger partial charge in [-0.25, -0.2) is 13.1 Å². The van der Waals surface area contributed by atoms with Gasteiger partial charge in [0, 0.05) is 12.1 Å². The summed E-state index contributed by atoms with van der Waals surface area (Å²) in [4.78, 5) is 27.9. The van der Waals surface area contributed by atoms with Gasteiger partial charge in [0.05, 0.1) is 35.6 Å². The fraction of sp³-hybridized carbons (Fsp3) is 0.217. The van der Waals surface area contributed by atoms with Gasteiger partial charge < -0.3 is 19.4 Å². The minimum atomic E-state index is -3.91. The molecule has 3 aromatic rings. The Bertz CT molecular complexity index is 1320. The highest BCUT2D eigenvalue weighted by Crippen LogP contribution is 2.33. The van der Waals surface area contributed by atoms with Gasteiger partial charge in [0.1, 0.15) is 17.6 Å².